The lowest BCUT2D eigenvalue weighted by molar-refractivity contribution is 0.102. The summed E-state index contributed by atoms with van der Waals surface area (Å²) in [5.41, 5.74) is 0.983. The van der Waals surface area contributed by atoms with Crippen molar-refractivity contribution in [2.75, 3.05) is 10.0 Å². The molecule has 2 N–H and O–H groups in total. The molecular weight excluding hydrogens is 355 g/mol. The molecule has 1 amide bonds. The van der Waals surface area contributed by atoms with Crippen molar-refractivity contribution in [1.82, 2.24) is 0 Å². The SMILES string of the molecule is O=C(Nc1cccc(F)c1)c1ccc(NS(=O)(=O)c2ccccc2)cc1. The number of halogens is 1. The smallest absolute Gasteiger partial charge is 0.261 e. The molecule has 0 aliphatic heterocycles. The molecule has 0 radical (unpaired) electrons. The van der Waals surface area contributed by atoms with E-state index in [4.69, 9.17) is 0 Å². The first-order valence-electron chi connectivity index (χ1n) is 7.69. The van der Waals surface area contributed by atoms with Crippen molar-refractivity contribution in [1.29, 1.82) is 0 Å². The van der Waals surface area contributed by atoms with Crippen LogP contribution in [0.25, 0.3) is 0 Å². The number of hydrogen-bond acceptors (Lipinski definition) is 3. The van der Waals surface area contributed by atoms with Gasteiger partial charge in [0.2, 0.25) is 0 Å². The number of sulfonamides is 1. The van der Waals surface area contributed by atoms with Crippen LogP contribution in [0.3, 0.4) is 0 Å². The fraction of sp³-hybridized carbons (Fsp3) is 0. The van der Waals surface area contributed by atoms with Crippen LogP contribution in [0.4, 0.5) is 15.8 Å². The number of rotatable bonds is 5. The summed E-state index contributed by atoms with van der Waals surface area (Å²) in [5, 5.41) is 2.58. The molecule has 3 rings (SSSR count). The maximum Gasteiger partial charge on any atom is 0.261 e. The molecule has 0 bridgehead atoms. The predicted octanol–water partition coefficient (Wildman–Crippen LogP) is 3.88. The number of amides is 1. The Morgan fingerprint density at radius 2 is 1.50 bits per heavy atom. The predicted molar refractivity (Wildman–Crippen MR) is 98.0 cm³/mol. The number of carbonyl (C=O) groups excluding carboxylic acids is 1. The van der Waals surface area contributed by atoms with E-state index in [1.54, 1.807) is 24.3 Å². The standard InChI is InChI=1S/C19H15FN2O3S/c20-15-5-4-6-17(13-15)21-19(23)14-9-11-16(12-10-14)22-26(24,25)18-7-2-1-3-8-18/h1-13,22H,(H,21,23). The topological polar surface area (TPSA) is 75.3 Å². The third-order valence-electron chi connectivity index (χ3n) is 3.54. The van der Waals surface area contributed by atoms with E-state index in [1.807, 2.05) is 0 Å². The van der Waals surface area contributed by atoms with Gasteiger partial charge in [-0.15, -0.1) is 0 Å². The van der Waals surface area contributed by atoms with Crippen molar-refractivity contribution in [3.63, 3.8) is 0 Å². The fourth-order valence-corrected chi connectivity index (χ4v) is 3.35. The summed E-state index contributed by atoms with van der Waals surface area (Å²) in [6.07, 6.45) is 0. The second-order valence-corrected chi connectivity index (χ2v) is 7.14. The molecule has 3 aromatic carbocycles. The third-order valence-corrected chi connectivity index (χ3v) is 4.93. The first-order valence-corrected chi connectivity index (χ1v) is 9.17. The van der Waals surface area contributed by atoms with Crippen LogP contribution < -0.4 is 10.0 Å². The second kappa shape index (κ2) is 7.37. The molecule has 0 spiro atoms. The minimum absolute atomic E-state index is 0.146. The van der Waals surface area contributed by atoms with E-state index in [9.17, 15) is 17.6 Å². The van der Waals surface area contributed by atoms with Gasteiger partial charge in [-0.25, -0.2) is 12.8 Å². The molecule has 0 aliphatic rings. The summed E-state index contributed by atoms with van der Waals surface area (Å²) in [7, 11) is -3.69. The van der Waals surface area contributed by atoms with E-state index in [0.717, 1.165) is 0 Å². The van der Waals surface area contributed by atoms with Gasteiger partial charge < -0.3 is 5.32 Å². The number of anilines is 2. The van der Waals surface area contributed by atoms with Crippen LogP contribution in [-0.4, -0.2) is 14.3 Å². The number of benzene rings is 3. The summed E-state index contributed by atoms with van der Waals surface area (Å²) in [5.74, 6) is -0.874. The number of carbonyl (C=O) groups is 1. The summed E-state index contributed by atoms with van der Waals surface area (Å²) in [6.45, 7) is 0. The molecule has 0 saturated heterocycles. The molecule has 0 aromatic heterocycles. The Morgan fingerprint density at radius 3 is 2.15 bits per heavy atom. The van der Waals surface area contributed by atoms with Crippen molar-refractivity contribution in [3.05, 3.63) is 90.2 Å². The molecule has 0 aliphatic carbocycles. The Morgan fingerprint density at radius 1 is 0.808 bits per heavy atom. The Kier molecular flexibility index (Phi) is 4.99. The molecule has 7 heteroatoms. The minimum Gasteiger partial charge on any atom is -0.322 e. The first-order chi connectivity index (χ1) is 12.4. The normalized spacial score (nSPS) is 11.0. The second-order valence-electron chi connectivity index (χ2n) is 5.46. The van der Waals surface area contributed by atoms with E-state index in [2.05, 4.69) is 10.0 Å². The highest BCUT2D eigenvalue weighted by atomic mass is 32.2. The monoisotopic (exact) mass is 370 g/mol. The Hall–Kier alpha value is -3.19. The molecule has 3 aromatic rings. The van der Waals surface area contributed by atoms with Gasteiger partial charge in [-0.3, -0.25) is 9.52 Å². The molecule has 132 valence electrons. The quantitative estimate of drug-likeness (QED) is 0.716. The highest BCUT2D eigenvalue weighted by Crippen LogP contribution is 2.17. The van der Waals surface area contributed by atoms with Gasteiger partial charge in [0.1, 0.15) is 5.82 Å². The lowest BCUT2D eigenvalue weighted by atomic mass is 10.2. The summed E-state index contributed by atoms with van der Waals surface area (Å²) >= 11 is 0. The maximum atomic E-state index is 13.2. The average molecular weight is 370 g/mol. The Bertz CT molecular complexity index is 1020. The minimum atomic E-state index is -3.69. The van der Waals surface area contributed by atoms with E-state index in [1.165, 1.54) is 54.6 Å². The highest BCUT2D eigenvalue weighted by molar-refractivity contribution is 7.92. The van der Waals surface area contributed by atoms with Crippen molar-refractivity contribution in [2.24, 2.45) is 0 Å². The van der Waals surface area contributed by atoms with Gasteiger partial charge >= 0.3 is 0 Å². The van der Waals surface area contributed by atoms with Gasteiger partial charge in [0, 0.05) is 16.9 Å². The van der Waals surface area contributed by atoms with E-state index >= 15 is 0 Å². The summed E-state index contributed by atoms with van der Waals surface area (Å²) < 4.78 is 40.1. The van der Waals surface area contributed by atoms with Gasteiger partial charge in [0.25, 0.3) is 15.9 Å². The lowest BCUT2D eigenvalue weighted by Gasteiger charge is -2.09. The number of hydrogen-bond donors (Lipinski definition) is 2. The first kappa shape index (κ1) is 17.6. The largest absolute Gasteiger partial charge is 0.322 e. The fourth-order valence-electron chi connectivity index (χ4n) is 2.27. The zero-order valence-electron chi connectivity index (χ0n) is 13.5. The summed E-state index contributed by atoms with van der Waals surface area (Å²) in [6, 6.07) is 19.5. The van der Waals surface area contributed by atoms with E-state index in [-0.39, 0.29) is 4.90 Å². The zero-order chi connectivity index (χ0) is 18.6. The molecule has 0 saturated carbocycles. The highest BCUT2D eigenvalue weighted by Gasteiger charge is 2.14. The van der Waals surface area contributed by atoms with Crippen LogP contribution in [0, 0.1) is 5.82 Å². The van der Waals surface area contributed by atoms with Crippen LogP contribution in [0.2, 0.25) is 0 Å². The van der Waals surface area contributed by atoms with E-state index in [0.29, 0.717) is 16.9 Å². The molecule has 5 nitrogen and oxygen atoms in total. The maximum absolute atomic E-state index is 13.2. The molecule has 26 heavy (non-hydrogen) atoms. The van der Waals surface area contributed by atoms with Crippen LogP contribution in [-0.2, 0) is 10.0 Å². The molecular formula is C19H15FN2O3S. The number of nitrogens with one attached hydrogen (secondary N) is 2. The molecule has 0 heterocycles. The van der Waals surface area contributed by atoms with Gasteiger partial charge in [0.05, 0.1) is 4.90 Å². The van der Waals surface area contributed by atoms with Crippen molar-refractivity contribution in [2.45, 2.75) is 4.90 Å². The van der Waals surface area contributed by atoms with Gasteiger partial charge in [-0.2, -0.15) is 0 Å². The average Bonchev–Trinajstić information content (AvgIpc) is 2.63. The van der Waals surface area contributed by atoms with Crippen LogP contribution in [0.5, 0.6) is 0 Å². The molecule has 0 atom stereocenters. The van der Waals surface area contributed by atoms with Crippen LogP contribution >= 0.6 is 0 Å². The lowest BCUT2D eigenvalue weighted by Crippen LogP contribution is -2.14. The van der Waals surface area contributed by atoms with Crippen molar-refractivity contribution in [3.8, 4) is 0 Å². The third kappa shape index (κ3) is 4.25. The summed E-state index contributed by atoms with van der Waals surface area (Å²) in [4.78, 5) is 12.3. The Labute approximate surface area is 150 Å². The van der Waals surface area contributed by atoms with Crippen LogP contribution in [0.1, 0.15) is 10.4 Å². The van der Waals surface area contributed by atoms with Gasteiger partial charge in [-0.1, -0.05) is 24.3 Å². The van der Waals surface area contributed by atoms with Gasteiger partial charge in [-0.05, 0) is 54.6 Å². The Balaban J connectivity index is 1.71. The van der Waals surface area contributed by atoms with Crippen molar-refractivity contribution >= 4 is 27.3 Å². The molecule has 0 unspecified atom stereocenters. The van der Waals surface area contributed by atoms with E-state index < -0.39 is 21.7 Å². The van der Waals surface area contributed by atoms with Gasteiger partial charge in [0.15, 0.2) is 0 Å². The molecule has 0 fully saturated rings. The van der Waals surface area contributed by atoms with Crippen molar-refractivity contribution < 1.29 is 17.6 Å². The zero-order valence-corrected chi connectivity index (χ0v) is 14.3. The van der Waals surface area contributed by atoms with Crippen LogP contribution in [0.15, 0.2) is 83.8 Å².